The van der Waals surface area contributed by atoms with E-state index in [0.717, 1.165) is 18.1 Å². The topological polar surface area (TPSA) is 12.0 Å². The lowest BCUT2D eigenvalue weighted by Crippen LogP contribution is -2.27. The summed E-state index contributed by atoms with van der Waals surface area (Å²) in [6, 6.07) is 10.3. The monoisotopic (exact) mass is 279 g/mol. The minimum atomic E-state index is -0.840. The van der Waals surface area contributed by atoms with Crippen molar-refractivity contribution in [3.05, 3.63) is 71.0 Å². The first-order valence-electron chi connectivity index (χ1n) is 6.46. The molecule has 0 saturated carbocycles. The standard InChI is InChI=1S/C16H16F3N/c1-11(8-12-2-5-14(17)6-3-12)20-10-13-4-7-15(18)16(19)9-13/h2-7,9,11,20H,8,10H2,1H3. The first kappa shape index (κ1) is 14.6. The molecule has 0 aliphatic heterocycles. The van der Waals surface area contributed by atoms with Crippen LogP contribution in [0.3, 0.4) is 0 Å². The third-order valence-electron chi connectivity index (χ3n) is 3.09. The Morgan fingerprint density at radius 1 is 0.900 bits per heavy atom. The summed E-state index contributed by atoms with van der Waals surface area (Å²) < 4.78 is 38.6. The summed E-state index contributed by atoms with van der Waals surface area (Å²) in [6.07, 6.45) is 0.740. The zero-order valence-electron chi connectivity index (χ0n) is 11.2. The van der Waals surface area contributed by atoms with Crippen molar-refractivity contribution >= 4 is 0 Å². The third-order valence-corrected chi connectivity index (χ3v) is 3.09. The van der Waals surface area contributed by atoms with E-state index in [2.05, 4.69) is 5.32 Å². The molecule has 0 aliphatic carbocycles. The van der Waals surface area contributed by atoms with Gasteiger partial charge >= 0.3 is 0 Å². The number of benzene rings is 2. The van der Waals surface area contributed by atoms with Crippen LogP contribution in [0.2, 0.25) is 0 Å². The Kier molecular flexibility index (Phi) is 4.79. The van der Waals surface area contributed by atoms with Gasteiger partial charge < -0.3 is 5.32 Å². The Hall–Kier alpha value is -1.81. The smallest absolute Gasteiger partial charge is 0.159 e. The van der Waals surface area contributed by atoms with Crippen molar-refractivity contribution in [1.82, 2.24) is 5.32 Å². The minimum Gasteiger partial charge on any atom is -0.310 e. The van der Waals surface area contributed by atoms with Crippen LogP contribution in [-0.2, 0) is 13.0 Å². The molecule has 4 heteroatoms. The molecule has 2 rings (SSSR count). The lowest BCUT2D eigenvalue weighted by molar-refractivity contribution is 0.502. The van der Waals surface area contributed by atoms with Crippen LogP contribution in [0.25, 0.3) is 0 Å². The summed E-state index contributed by atoms with van der Waals surface area (Å²) in [5.41, 5.74) is 1.71. The number of hydrogen-bond acceptors (Lipinski definition) is 1. The second-order valence-electron chi connectivity index (χ2n) is 4.86. The molecule has 2 aromatic rings. The summed E-state index contributed by atoms with van der Waals surface area (Å²) in [6.45, 7) is 2.45. The minimum absolute atomic E-state index is 0.147. The van der Waals surface area contributed by atoms with Crippen LogP contribution in [0.5, 0.6) is 0 Å². The molecule has 1 atom stereocenters. The Bertz CT molecular complexity index is 566. The highest BCUT2D eigenvalue weighted by Gasteiger charge is 2.06. The largest absolute Gasteiger partial charge is 0.310 e. The molecule has 0 fully saturated rings. The van der Waals surface area contributed by atoms with Crippen LogP contribution in [-0.4, -0.2) is 6.04 Å². The van der Waals surface area contributed by atoms with Gasteiger partial charge in [0.25, 0.3) is 0 Å². The van der Waals surface area contributed by atoms with E-state index in [1.807, 2.05) is 6.92 Å². The first-order valence-corrected chi connectivity index (χ1v) is 6.46. The second-order valence-corrected chi connectivity index (χ2v) is 4.86. The molecule has 0 aromatic heterocycles. The molecule has 1 nitrogen and oxygen atoms in total. The van der Waals surface area contributed by atoms with Crippen molar-refractivity contribution in [2.75, 3.05) is 0 Å². The lowest BCUT2D eigenvalue weighted by Gasteiger charge is -2.14. The van der Waals surface area contributed by atoms with Crippen molar-refractivity contribution in [3.63, 3.8) is 0 Å². The molecule has 2 aromatic carbocycles. The van der Waals surface area contributed by atoms with Gasteiger partial charge in [0.15, 0.2) is 11.6 Å². The van der Waals surface area contributed by atoms with Crippen LogP contribution in [0.1, 0.15) is 18.1 Å². The van der Waals surface area contributed by atoms with Crippen LogP contribution < -0.4 is 5.32 Å². The Morgan fingerprint density at radius 3 is 2.20 bits per heavy atom. The van der Waals surface area contributed by atoms with Crippen molar-refractivity contribution in [2.45, 2.75) is 25.9 Å². The predicted molar refractivity (Wildman–Crippen MR) is 72.8 cm³/mol. The van der Waals surface area contributed by atoms with Gasteiger partial charge in [-0.2, -0.15) is 0 Å². The molecule has 1 N–H and O–H groups in total. The first-order chi connectivity index (χ1) is 9.54. The van der Waals surface area contributed by atoms with E-state index in [-0.39, 0.29) is 11.9 Å². The predicted octanol–water partition coefficient (Wildman–Crippen LogP) is 3.82. The van der Waals surface area contributed by atoms with Crippen molar-refractivity contribution in [3.8, 4) is 0 Å². The van der Waals surface area contributed by atoms with Gasteiger partial charge in [0.1, 0.15) is 5.82 Å². The molecule has 0 spiro atoms. The summed E-state index contributed by atoms with van der Waals surface area (Å²) in [5.74, 6) is -1.93. The molecule has 0 radical (unpaired) electrons. The molecule has 1 unspecified atom stereocenters. The Balaban J connectivity index is 1.86. The normalized spacial score (nSPS) is 12.4. The van der Waals surface area contributed by atoms with Gasteiger partial charge in [0.2, 0.25) is 0 Å². The van der Waals surface area contributed by atoms with Gasteiger partial charge in [-0.25, -0.2) is 13.2 Å². The van der Waals surface area contributed by atoms with E-state index < -0.39 is 11.6 Å². The lowest BCUT2D eigenvalue weighted by atomic mass is 10.1. The maximum absolute atomic E-state index is 13.1. The van der Waals surface area contributed by atoms with Gasteiger partial charge in [0, 0.05) is 12.6 Å². The van der Waals surface area contributed by atoms with Gasteiger partial charge in [-0.1, -0.05) is 18.2 Å². The highest BCUT2D eigenvalue weighted by Crippen LogP contribution is 2.10. The fraction of sp³-hybridized carbons (Fsp3) is 0.250. The Labute approximate surface area is 116 Å². The highest BCUT2D eigenvalue weighted by molar-refractivity contribution is 5.19. The second kappa shape index (κ2) is 6.57. The molecule has 0 saturated heterocycles. The van der Waals surface area contributed by atoms with Crippen molar-refractivity contribution in [1.29, 1.82) is 0 Å². The molecule has 0 amide bonds. The zero-order valence-corrected chi connectivity index (χ0v) is 11.2. The van der Waals surface area contributed by atoms with E-state index in [1.165, 1.54) is 18.2 Å². The molecule has 106 valence electrons. The van der Waals surface area contributed by atoms with Crippen LogP contribution in [0.15, 0.2) is 42.5 Å². The van der Waals surface area contributed by atoms with E-state index in [9.17, 15) is 13.2 Å². The maximum Gasteiger partial charge on any atom is 0.159 e. The fourth-order valence-electron chi connectivity index (χ4n) is 1.99. The molecule has 0 heterocycles. The van der Waals surface area contributed by atoms with Gasteiger partial charge in [0.05, 0.1) is 0 Å². The van der Waals surface area contributed by atoms with E-state index in [4.69, 9.17) is 0 Å². The average molecular weight is 279 g/mol. The number of halogens is 3. The molecule has 0 bridgehead atoms. The van der Waals surface area contributed by atoms with E-state index in [1.54, 1.807) is 18.2 Å². The van der Waals surface area contributed by atoms with Crippen LogP contribution in [0, 0.1) is 17.5 Å². The molecule has 0 aliphatic rings. The van der Waals surface area contributed by atoms with Crippen LogP contribution >= 0.6 is 0 Å². The van der Waals surface area contributed by atoms with Crippen molar-refractivity contribution < 1.29 is 13.2 Å². The summed E-state index contributed by atoms with van der Waals surface area (Å²) in [5, 5.41) is 3.23. The van der Waals surface area contributed by atoms with E-state index >= 15 is 0 Å². The van der Waals surface area contributed by atoms with Gasteiger partial charge in [-0.05, 0) is 48.7 Å². The fourth-order valence-corrected chi connectivity index (χ4v) is 1.99. The maximum atomic E-state index is 13.1. The highest BCUT2D eigenvalue weighted by atomic mass is 19.2. The van der Waals surface area contributed by atoms with Crippen LogP contribution in [0.4, 0.5) is 13.2 Å². The third kappa shape index (κ3) is 4.10. The molecule has 20 heavy (non-hydrogen) atoms. The number of rotatable bonds is 5. The molecular weight excluding hydrogens is 263 g/mol. The quantitative estimate of drug-likeness (QED) is 0.877. The summed E-state index contributed by atoms with van der Waals surface area (Å²) in [7, 11) is 0. The van der Waals surface area contributed by atoms with E-state index in [0.29, 0.717) is 12.1 Å². The number of hydrogen-bond donors (Lipinski definition) is 1. The summed E-state index contributed by atoms with van der Waals surface area (Å²) >= 11 is 0. The molecular formula is C16H16F3N. The van der Waals surface area contributed by atoms with Crippen molar-refractivity contribution in [2.24, 2.45) is 0 Å². The summed E-state index contributed by atoms with van der Waals surface area (Å²) in [4.78, 5) is 0. The van der Waals surface area contributed by atoms with Gasteiger partial charge in [-0.3, -0.25) is 0 Å². The average Bonchev–Trinajstić information content (AvgIpc) is 2.43. The van der Waals surface area contributed by atoms with Gasteiger partial charge in [-0.15, -0.1) is 0 Å². The zero-order chi connectivity index (χ0) is 14.5. The Morgan fingerprint density at radius 2 is 1.55 bits per heavy atom. The SMILES string of the molecule is CC(Cc1ccc(F)cc1)NCc1ccc(F)c(F)c1. The number of nitrogens with one attached hydrogen (secondary N) is 1.